The van der Waals surface area contributed by atoms with Crippen molar-refractivity contribution in [1.82, 2.24) is 0 Å². The Morgan fingerprint density at radius 2 is 1.90 bits per heavy atom. The van der Waals surface area contributed by atoms with Gasteiger partial charge in [0.05, 0.1) is 6.54 Å². The van der Waals surface area contributed by atoms with Crippen molar-refractivity contribution in [3.05, 3.63) is 52.5 Å². The lowest BCUT2D eigenvalue weighted by Crippen LogP contribution is -2.17. The Labute approximate surface area is 118 Å². The van der Waals surface area contributed by atoms with Gasteiger partial charge in [0.1, 0.15) is 5.76 Å². The fourth-order valence-corrected chi connectivity index (χ4v) is 2.39. The molecule has 1 heterocycles. The second-order valence-corrected chi connectivity index (χ2v) is 5.18. The van der Waals surface area contributed by atoms with E-state index in [2.05, 4.69) is 36.9 Å². The number of aryl methyl sites for hydroxylation is 3. The number of rotatable bonds is 4. The van der Waals surface area contributed by atoms with Crippen LogP contribution in [-0.4, -0.2) is 18.1 Å². The first-order valence-electron chi connectivity index (χ1n) is 6.49. The van der Waals surface area contributed by atoms with Crippen LogP contribution in [0.3, 0.4) is 0 Å². The molecule has 0 atom stereocenters. The third-order valence-electron chi connectivity index (χ3n) is 3.32. The van der Waals surface area contributed by atoms with E-state index < -0.39 is 5.97 Å². The van der Waals surface area contributed by atoms with Gasteiger partial charge >= 0.3 is 5.97 Å². The number of anilines is 1. The van der Waals surface area contributed by atoms with Crippen LogP contribution in [0.25, 0.3) is 0 Å². The summed E-state index contributed by atoms with van der Waals surface area (Å²) in [7, 11) is 1.97. The molecule has 1 aromatic carbocycles. The molecule has 106 valence electrons. The van der Waals surface area contributed by atoms with Crippen molar-refractivity contribution in [3.63, 3.8) is 0 Å². The molecule has 0 saturated heterocycles. The van der Waals surface area contributed by atoms with Gasteiger partial charge in [0.15, 0.2) is 0 Å². The second-order valence-electron chi connectivity index (χ2n) is 5.18. The summed E-state index contributed by atoms with van der Waals surface area (Å²) in [5.74, 6) is -0.348. The number of hydrogen-bond acceptors (Lipinski definition) is 3. The number of carboxylic acids is 1. The molecule has 4 heteroatoms. The molecule has 0 aliphatic heterocycles. The van der Waals surface area contributed by atoms with Crippen molar-refractivity contribution in [2.75, 3.05) is 11.9 Å². The molecule has 2 rings (SSSR count). The average molecular weight is 273 g/mol. The van der Waals surface area contributed by atoms with Crippen LogP contribution in [-0.2, 0) is 6.54 Å². The fraction of sp³-hybridized carbons (Fsp3) is 0.312. The van der Waals surface area contributed by atoms with Crippen LogP contribution in [0.15, 0.2) is 28.7 Å². The summed E-state index contributed by atoms with van der Waals surface area (Å²) in [4.78, 5) is 13.0. The van der Waals surface area contributed by atoms with E-state index in [9.17, 15) is 4.79 Å². The Balaban J connectivity index is 2.21. The summed E-state index contributed by atoms with van der Waals surface area (Å²) in [6.07, 6.45) is 0. The highest BCUT2D eigenvalue weighted by Crippen LogP contribution is 2.23. The maximum Gasteiger partial charge on any atom is 0.372 e. The number of hydrogen-bond donors (Lipinski definition) is 1. The molecule has 20 heavy (non-hydrogen) atoms. The van der Waals surface area contributed by atoms with Crippen LogP contribution in [0.4, 0.5) is 5.69 Å². The molecule has 0 bridgehead atoms. The van der Waals surface area contributed by atoms with E-state index in [4.69, 9.17) is 9.52 Å². The van der Waals surface area contributed by atoms with E-state index in [0.29, 0.717) is 17.9 Å². The minimum atomic E-state index is -1.03. The maximum absolute atomic E-state index is 11.0. The number of aromatic carboxylic acids is 1. The molecule has 0 aliphatic rings. The Bertz CT molecular complexity index is 643. The zero-order valence-corrected chi connectivity index (χ0v) is 12.2. The van der Waals surface area contributed by atoms with E-state index in [-0.39, 0.29) is 5.76 Å². The van der Waals surface area contributed by atoms with Gasteiger partial charge in [-0.05, 0) is 38.5 Å². The van der Waals surface area contributed by atoms with Crippen molar-refractivity contribution in [3.8, 4) is 0 Å². The van der Waals surface area contributed by atoms with E-state index in [1.54, 1.807) is 13.0 Å². The molecule has 1 aromatic heterocycles. The van der Waals surface area contributed by atoms with Gasteiger partial charge in [0.2, 0.25) is 5.76 Å². The van der Waals surface area contributed by atoms with E-state index in [1.165, 1.54) is 11.1 Å². The Hall–Kier alpha value is -2.23. The topological polar surface area (TPSA) is 53.7 Å². The van der Waals surface area contributed by atoms with E-state index in [0.717, 1.165) is 5.69 Å². The highest BCUT2D eigenvalue weighted by atomic mass is 16.4. The highest BCUT2D eigenvalue weighted by Gasteiger charge is 2.15. The maximum atomic E-state index is 11.0. The zero-order chi connectivity index (χ0) is 14.9. The molecule has 0 unspecified atom stereocenters. The van der Waals surface area contributed by atoms with Gasteiger partial charge in [-0.15, -0.1) is 0 Å². The molecule has 1 N–H and O–H groups in total. The molecule has 4 nitrogen and oxygen atoms in total. The third-order valence-corrected chi connectivity index (χ3v) is 3.32. The molecule has 0 amide bonds. The number of carbonyl (C=O) groups is 1. The summed E-state index contributed by atoms with van der Waals surface area (Å²) in [6.45, 7) is 6.41. The van der Waals surface area contributed by atoms with Gasteiger partial charge in [0.25, 0.3) is 0 Å². The second kappa shape index (κ2) is 5.41. The first-order valence-corrected chi connectivity index (χ1v) is 6.49. The summed E-state index contributed by atoms with van der Waals surface area (Å²) < 4.78 is 5.39. The molecule has 0 radical (unpaired) electrons. The summed E-state index contributed by atoms with van der Waals surface area (Å²) in [6, 6.07) is 8.04. The predicted octanol–water partition coefficient (Wildman–Crippen LogP) is 3.54. The van der Waals surface area contributed by atoms with Crippen molar-refractivity contribution in [1.29, 1.82) is 0 Å². The van der Waals surface area contributed by atoms with Crippen molar-refractivity contribution < 1.29 is 14.3 Å². The van der Waals surface area contributed by atoms with Crippen LogP contribution in [0, 0.1) is 20.8 Å². The Kier molecular flexibility index (Phi) is 3.84. The molecule has 0 spiro atoms. The van der Waals surface area contributed by atoms with Gasteiger partial charge in [-0.25, -0.2) is 4.79 Å². The third kappa shape index (κ3) is 2.85. The average Bonchev–Trinajstić information content (AvgIpc) is 2.70. The van der Waals surface area contributed by atoms with Gasteiger partial charge in [-0.2, -0.15) is 0 Å². The van der Waals surface area contributed by atoms with Crippen molar-refractivity contribution in [2.24, 2.45) is 0 Å². The van der Waals surface area contributed by atoms with Crippen LogP contribution in [0.5, 0.6) is 0 Å². The number of nitrogens with zero attached hydrogens (tertiary/aromatic N) is 1. The minimum absolute atomic E-state index is 0.0222. The smallest absolute Gasteiger partial charge is 0.372 e. The van der Waals surface area contributed by atoms with Gasteiger partial charge in [-0.1, -0.05) is 17.7 Å². The lowest BCUT2D eigenvalue weighted by molar-refractivity contribution is 0.0659. The molecule has 0 aliphatic carbocycles. The molecule has 0 fully saturated rings. The predicted molar refractivity (Wildman–Crippen MR) is 78.4 cm³/mol. The lowest BCUT2D eigenvalue weighted by Gasteiger charge is -2.20. The number of carboxylic acid groups (broad SMARTS) is 1. The fourth-order valence-electron chi connectivity index (χ4n) is 2.39. The summed E-state index contributed by atoms with van der Waals surface area (Å²) in [5, 5.41) is 9.00. The van der Waals surface area contributed by atoms with Gasteiger partial charge < -0.3 is 14.4 Å². The Morgan fingerprint density at radius 1 is 1.20 bits per heavy atom. The monoisotopic (exact) mass is 273 g/mol. The lowest BCUT2D eigenvalue weighted by atomic mass is 10.1. The Morgan fingerprint density at radius 3 is 2.45 bits per heavy atom. The SMILES string of the molecule is Cc1ccc(N(C)Cc2cc(C)c(C(=O)O)o2)c(C)c1. The highest BCUT2D eigenvalue weighted by molar-refractivity contribution is 5.86. The number of furan rings is 1. The zero-order valence-electron chi connectivity index (χ0n) is 12.2. The van der Waals surface area contributed by atoms with Crippen LogP contribution < -0.4 is 4.90 Å². The van der Waals surface area contributed by atoms with E-state index in [1.807, 2.05) is 7.05 Å². The van der Waals surface area contributed by atoms with Gasteiger partial charge in [-0.3, -0.25) is 0 Å². The molecular weight excluding hydrogens is 254 g/mol. The summed E-state index contributed by atoms with van der Waals surface area (Å²) in [5.41, 5.74) is 4.18. The first-order chi connectivity index (χ1) is 9.38. The van der Waals surface area contributed by atoms with Crippen molar-refractivity contribution in [2.45, 2.75) is 27.3 Å². The van der Waals surface area contributed by atoms with Crippen LogP contribution in [0.2, 0.25) is 0 Å². The van der Waals surface area contributed by atoms with Crippen LogP contribution in [0.1, 0.15) is 33.0 Å². The minimum Gasteiger partial charge on any atom is -0.475 e. The normalized spacial score (nSPS) is 10.6. The molecular formula is C16H19NO3. The van der Waals surface area contributed by atoms with Crippen molar-refractivity contribution >= 4 is 11.7 Å². The molecule has 2 aromatic rings. The van der Waals surface area contributed by atoms with E-state index >= 15 is 0 Å². The summed E-state index contributed by atoms with van der Waals surface area (Å²) >= 11 is 0. The van der Waals surface area contributed by atoms with Gasteiger partial charge in [0, 0.05) is 18.3 Å². The van der Waals surface area contributed by atoms with Crippen LogP contribution >= 0.6 is 0 Å². The number of benzene rings is 1. The first kappa shape index (κ1) is 14.2. The quantitative estimate of drug-likeness (QED) is 0.925. The molecule has 0 saturated carbocycles. The largest absolute Gasteiger partial charge is 0.475 e. The standard InChI is InChI=1S/C16H19NO3/c1-10-5-6-14(11(2)7-10)17(4)9-13-8-12(3)15(20-13)16(18)19/h5-8H,9H2,1-4H3,(H,18,19).